The maximum atomic E-state index is 12.3. The molecule has 0 saturated heterocycles. The quantitative estimate of drug-likeness (QED) is 0.839. The molecule has 2 N–H and O–H groups in total. The highest BCUT2D eigenvalue weighted by Crippen LogP contribution is 2.12. The van der Waals surface area contributed by atoms with Crippen molar-refractivity contribution in [1.29, 1.82) is 0 Å². The Balaban J connectivity index is 3.00. The van der Waals surface area contributed by atoms with E-state index in [0.29, 0.717) is 30.8 Å². The van der Waals surface area contributed by atoms with Gasteiger partial charge in [0.2, 0.25) is 5.91 Å². The van der Waals surface area contributed by atoms with Crippen molar-refractivity contribution in [1.82, 2.24) is 4.90 Å². The zero-order chi connectivity index (χ0) is 14.4. The Bertz CT molecular complexity index is 472. The van der Waals surface area contributed by atoms with Gasteiger partial charge in [0.15, 0.2) is 0 Å². The SMILES string of the molecule is CCN(CCOC)C(=O)c1cc(C)cc(C(N)=O)c1. The lowest BCUT2D eigenvalue weighted by Crippen LogP contribution is -2.34. The van der Waals surface area contributed by atoms with Crippen molar-refractivity contribution in [3.05, 3.63) is 34.9 Å². The summed E-state index contributed by atoms with van der Waals surface area (Å²) in [4.78, 5) is 25.2. The standard InChI is InChI=1S/C14H20N2O3/c1-4-16(5-6-19-3)14(18)12-8-10(2)7-11(9-12)13(15)17/h7-9H,4-6H2,1-3H3,(H2,15,17). The number of ether oxygens (including phenoxy) is 1. The zero-order valence-corrected chi connectivity index (χ0v) is 11.6. The summed E-state index contributed by atoms with van der Waals surface area (Å²) in [5, 5.41) is 0. The van der Waals surface area contributed by atoms with E-state index in [1.165, 1.54) is 6.07 Å². The topological polar surface area (TPSA) is 72.6 Å². The normalized spacial score (nSPS) is 10.3. The van der Waals surface area contributed by atoms with Gasteiger partial charge >= 0.3 is 0 Å². The molecule has 1 aromatic rings. The van der Waals surface area contributed by atoms with Gasteiger partial charge in [0, 0.05) is 31.3 Å². The Hall–Kier alpha value is -1.88. The number of benzene rings is 1. The summed E-state index contributed by atoms with van der Waals surface area (Å²) in [6.45, 7) is 5.31. The van der Waals surface area contributed by atoms with Gasteiger partial charge in [0.25, 0.3) is 5.91 Å². The molecule has 5 nitrogen and oxygen atoms in total. The van der Waals surface area contributed by atoms with Crippen LogP contribution in [0, 0.1) is 6.92 Å². The van der Waals surface area contributed by atoms with Crippen LogP contribution in [0.5, 0.6) is 0 Å². The number of methoxy groups -OCH3 is 1. The summed E-state index contributed by atoms with van der Waals surface area (Å²) in [6.07, 6.45) is 0. The van der Waals surface area contributed by atoms with Crippen LogP contribution < -0.4 is 5.73 Å². The van der Waals surface area contributed by atoms with E-state index in [4.69, 9.17) is 10.5 Å². The van der Waals surface area contributed by atoms with Gasteiger partial charge in [-0.2, -0.15) is 0 Å². The Labute approximate surface area is 113 Å². The highest BCUT2D eigenvalue weighted by atomic mass is 16.5. The van der Waals surface area contributed by atoms with Crippen molar-refractivity contribution in [3.8, 4) is 0 Å². The Morgan fingerprint density at radius 1 is 1.26 bits per heavy atom. The van der Waals surface area contributed by atoms with E-state index in [9.17, 15) is 9.59 Å². The first-order valence-corrected chi connectivity index (χ1v) is 6.19. The molecule has 19 heavy (non-hydrogen) atoms. The number of primary amides is 1. The Morgan fingerprint density at radius 2 is 1.89 bits per heavy atom. The van der Waals surface area contributed by atoms with E-state index in [0.717, 1.165) is 5.56 Å². The Kier molecular flexibility index (Phi) is 5.51. The monoisotopic (exact) mass is 264 g/mol. The van der Waals surface area contributed by atoms with E-state index in [1.807, 2.05) is 13.8 Å². The van der Waals surface area contributed by atoms with Crippen LogP contribution in [0.25, 0.3) is 0 Å². The van der Waals surface area contributed by atoms with E-state index in [1.54, 1.807) is 24.1 Å². The summed E-state index contributed by atoms with van der Waals surface area (Å²) < 4.78 is 4.98. The summed E-state index contributed by atoms with van der Waals surface area (Å²) in [7, 11) is 1.59. The fourth-order valence-corrected chi connectivity index (χ4v) is 1.84. The van der Waals surface area contributed by atoms with E-state index < -0.39 is 5.91 Å². The van der Waals surface area contributed by atoms with Gasteiger partial charge in [-0.15, -0.1) is 0 Å². The van der Waals surface area contributed by atoms with Gasteiger partial charge in [-0.3, -0.25) is 9.59 Å². The van der Waals surface area contributed by atoms with Crippen LogP contribution in [-0.4, -0.2) is 43.5 Å². The number of carbonyl (C=O) groups excluding carboxylic acids is 2. The van der Waals surface area contributed by atoms with Crippen LogP contribution in [0.15, 0.2) is 18.2 Å². The Morgan fingerprint density at radius 3 is 2.42 bits per heavy atom. The second-order valence-corrected chi connectivity index (χ2v) is 4.33. The predicted molar refractivity (Wildman–Crippen MR) is 73.2 cm³/mol. The van der Waals surface area contributed by atoms with Gasteiger partial charge < -0.3 is 15.4 Å². The van der Waals surface area contributed by atoms with Crippen LogP contribution in [0.3, 0.4) is 0 Å². The third-order valence-electron chi connectivity index (χ3n) is 2.84. The number of hydrogen-bond acceptors (Lipinski definition) is 3. The lowest BCUT2D eigenvalue weighted by Gasteiger charge is -2.21. The lowest BCUT2D eigenvalue weighted by molar-refractivity contribution is 0.0706. The summed E-state index contributed by atoms with van der Waals surface area (Å²) in [6, 6.07) is 4.96. The van der Waals surface area contributed by atoms with Crippen LogP contribution in [0.1, 0.15) is 33.2 Å². The van der Waals surface area contributed by atoms with Crippen molar-refractivity contribution in [2.45, 2.75) is 13.8 Å². The first-order valence-electron chi connectivity index (χ1n) is 6.19. The van der Waals surface area contributed by atoms with Crippen LogP contribution >= 0.6 is 0 Å². The number of carbonyl (C=O) groups is 2. The molecule has 0 saturated carbocycles. The number of likely N-dealkylation sites (N-methyl/N-ethyl adjacent to an activating group) is 1. The van der Waals surface area contributed by atoms with E-state index in [-0.39, 0.29) is 5.91 Å². The van der Waals surface area contributed by atoms with E-state index >= 15 is 0 Å². The van der Waals surface area contributed by atoms with Crippen molar-refractivity contribution < 1.29 is 14.3 Å². The van der Waals surface area contributed by atoms with Crippen LogP contribution in [0.4, 0.5) is 0 Å². The van der Waals surface area contributed by atoms with Crippen LogP contribution in [-0.2, 0) is 4.74 Å². The van der Waals surface area contributed by atoms with Gasteiger partial charge in [-0.25, -0.2) is 0 Å². The summed E-state index contributed by atoms with van der Waals surface area (Å²) in [5.41, 5.74) is 6.92. The number of hydrogen-bond donors (Lipinski definition) is 1. The molecular weight excluding hydrogens is 244 g/mol. The first kappa shape index (κ1) is 15.2. The molecule has 0 heterocycles. The molecule has 0 aliphatic heterocycles. The fraction of sp³-hybridized carbons (Fsp3) is 0.429. The molecule has 0 spiro atoms. The molecule has 0 fully saturated rings. The number of amides is 2. The first-order chi connectivity index (χ1) is 8.99. The van der Waals surface area contributed by atoms with Crippen molar-refractivity contribution >= 4 is 11.8 Å². The third-order valence-corrected chi connectivity index (χ3v) is 2.84. The van der Waals surface area contributed by atoms with Gasteiger partial charge in [-0.1, -0.05) is 0 Å². The highest BCUT2D eigenvalue weighted by Gasteiger charge is 2.15. The van der Waals surface area contributed by atoms with Crippen LogP contribution in [0.2, 0.25) is 0 Å². The minimum Gasteiger partial charge on any atom is -0.383 e. The third kappa shape index (κ3) is 4.06. The maximum absolute atomic E-state index is 12.3. The van der Waals surface area contributed by atoms with E-state index in [2.05, 4.69) is 0 Å². The molecule has 2 amide bonds. The zero-order valence-electron chi connectivity index (χ0n) is 11.6. The fourth-order valence-electron chi connectivity index (χ4n) is 1.84. The van der Waals surface area contributed by atoms with Gasteiger partial charge in [0.1, 0.15) is 0 Å². The molecule has 0 bridgehead atoms. The number of rotatable bonds is 6. The second kappa shape index (κ2) is 6.89. The van der Waals surface area contributed by atoms with Gasteiger partial charge in [-0.05, 0) is 37.6 Å². The minimum atomic E-state index is -0.530. The smallest absolute Gasteiger partial charge is 0.253 e. The molecule has 0 radical (unpaired) electrons. The minimum absolute atomic E-state index is 0.120. The summed E-state index contributed by atoms with van der Waals surface area (Å²) >= 11 is 0. The molecule has 0 aliphatic carbocycles. The van der Waals surface area contributed by atoms with Crippen molar-refractivity contribution in [2.24, 2.45) is 5.73 Å². The predicted octanol–water partition coefficient (Wildman–Crippen LogP) is 1.20. The molecule has 0 aliphatic rings. The second-order valence-electron chi connectivity index (χ2n) is 4.33. The largest absolute Gasteiger partial charge is 0.383 e. The maximum Gasteiger partial charge on any atom is 0.253 e. The summed E-state index contributed by atoms with van der Waals surface area (Å²) in [5.74, 6) is -0.650. The average molecular weight is 264 g/mol. The molecular formula is C14H20N2O3. The average Bonchev–Trinajstić information content (AvgIpc) is 2.38. The lowest BCUT2D eigenvalue weighted by atomic mass is 10.1. The number of aryl methyl sites for hydroxylation is 1. The van der Waals surface area contributed by atoms with Crippen molar-refractivity contribution in [2.75, 3.05) is 26.8 Å². The number of nitrogens with zero attached hydrogens (tertiary/aromatic N) is 1. The van der Waals surface area contributed by atoms with Gasteiger partial charge in [0.05, 0.1) is 6.61 Å². The highest BCUT2D eigenvalue weighted by molar-refractivity contribution is 5.99. The molecule has 1 aromatic carbocycles. The molecule has 104 valence electrons. The number of nitrogens with two attached hydrogens (primary N) is 1. The molecule has 0 atom stereocenters. The van der Waals surface area contributed by atoms with Crippen molar-refractivity contribution in [3.63, 3.8) is 0 Å². The molecule has 0 aromatic heterocycles. The molecule has 1 rings (SSSR count). The molecule has 0 unspecified atom stereocenters. The molecule has 5 heteroatoms.